The number of hydrogen-bond donors (Lipinski definition) is 1. The van der Waals surface area contributed by atoms with Gasteiger partial charge in [0.25, 0.3) is 5.91 Å². The summed E-state index contributed by atoms with van der Waals surface area (Å²) in [6, 6.07) is 14.4. The van der Waals surface area contributed by atoms with E-state index in [4.69, 9.17) is 0 Å². The van der Waals surface area contributed by atoms with E-state index in [1.165, 1.54) is 12.1 Å². The molecule has 3 heterocycles. The molecule has 0 aliphatic carbocycles. The normalized spacial score (nSPS) is 15.3. The van der Waals surface area contributed by atoms with Crippen LogP contribution in [0.1, 0.15) is 21.5 Å². The molecule has 0 unspecified atom stereocenters. The van der Waals surface area contributed by atoms with Crippen molar-refractivity contribution in [2.45, 2.75) is 12.7 Å². The molecule has 0 atom stereocenters. The first-order valence-electron chi connectivity index (χ1n) is 11.6. The minimum Gasteiger partial charge on any atom is -0.322 e. The Labute approximate surface area is 206 Å². The Morgan fingerprint density at radius 2 is 1.83 bits per heavy atom. The second kappa shape index (κ2) is 9.71. The molecule has 10 heteroatoms. The number of piperazine rings is 1. The third kappa shape index (κ3) is 5.09. The average molecular weight is 495 g/mol. The molecular weight excluding hydrogens is 469 g/mol. The molecule has 1 aliphatic heterocycles. The predicted octanol–water partition coefficient (Wildman–Crippen LogP) is 4.41. The second-order valence-electron chi connectivity index (χ2n) is 8.92. The number of rotatable bonds is 5. The van der Waals surface area contributed by atoms with Gasteiger partial charge in [0.15, 0.2) is 5.65 Å². The molecule has 5 rings (SSSR count). The van der Waals surface area contributed by atoms with E-state index in [0.29, 0.717) is 35.6 Å². The van der Waals surface area contributed by atoms with Gasteiger partial charge in [0.05, 0.1) is 17.5 Å². The fourth-order valence-electron chi connectivity index (χ4n) is 4.35. The van der Waals surface area contributed by atoms with Crippen LogP contribution in [0.3, 0.4) is 0 Å². The van der Waals surface area contributed by atoms with Crippen molar-refractivity contribution in [3.05, 3.63) is 83.7 Å². The molecule has 2 aromatic carbocycles. The van der Waals surface area contributed by atoms with Crippen molar-refractivity contribution in [3.8, 4) is 11.3 Å². The maximum absolute atomic E-state index is 13.9. The number of likely N-dealkylation sites (N-methyl/N-ethyl adjacent to an activating group) is 1. The van der Waals surface area contributed by atoms with Crippen LogP contribution in [0.5, 0.6) is 0 Å². The van der Waals surface area contributed by atoms with Crippen LogP contribution in [0.15, 0.2) is 67.0 Å². The maximum atomic E-state index is 13.9. The second-order valence-corrected chi connectivity index (χ2v) is 8.92. The molecule has 4 aromatic rings. The number of imidazole rings is 1. The van der Waals surface area contributed by atoms with E-state index in [9.17, 15) is 18.0 Å². The van der Waals surface area contributed by atoms with Crippen LogP contribution in [0, 0.1) is 0 Å². The Morgan fingerprint density at radius 3 is 2.61 bits per heavy atom. The van der Waals surface area contributed by atoms with Gasteiger partial charge in [-0.2, -0.15) is 18.3 Å². The number of carbonyl (C=O) groups excluding carboxylic acids is 1. The third-order valence-electron chi connectivity index (χ3n) is 6.36. The average Bonchev–Trinajstić information content (AvgIpc) is 3.30. The van der Waals surface area contributed by atoms with Gasteiger partial charge in [-0.3, -0.25) is 9.69 Å². The zero-order chi connectivity index (χ0) is 25.3. The van der Waals surface area contributed by atoms with Gasteiger partial charge >= 0.3 is 6.18 Å². The van der Waals surface area contributed by atoms with Crippen molar-refractivity contribution >= 4 is 17.2 Å². The topological polar surface area (TPSA) is 65.8 Å². The van der Waals surface area contributed by atoms with Gasteiger partial charge in [-0.25, -0.2) is 9.50 Å². The molecule has 36 heavy (non-hydrogen) atoms. The zero-order valence-corrected chi connectivity index (χ0v) is 19.7. The number of halogens is 3. The third-order valence-corrected chi connectivity index (χ3v) is 6.36. The highest BCUT2D eigenvalue weighted by atomic mass is 19.4. The predicted molar refractivity (Wildman–Crippen MR) is 131 cm³/mol. The summed E-state index contributed by atoms with van der Waals surface area (Å²) in [5.41, 5.74) is 1.96. The molecule has 0 bridgehead atoms. The monoisotopic (exact) mass is 494 g/mol. The minimum atomic E-state index is -4.53. The number of nitrogens with one attached hydrogen (secondary N) is 1. The van der Waals surface area contributed by atoms with Crippen molar-refractivity contribution in [2.24, 2.45) is 0 Å². The summed E-state index contributed by atoms with van der Waals surface area (Å²) in [6.45, 7) is 3.28. The van der Waals surface area contributed by atoms with Crippen molar-refractivity contribution in [1.29, 1.82) is 0 Å². The molecule has 1 fully saturated rings. The SMILES string of the molecule is CN1CCN(Cc2ccc(NC(=O)c3cccc(-c4cnc5cccnn45)c3)cc2C(F)(F)F)CC1. The van der Waals surface area contributed by atoms with Gasteiger partial charge in [0.2, 0.25) is 0 Å². The first kappa shape index (κ1) is 24.0. The number of hydrogen-bond acceptors (Lipinski definition) is 5. The molecular formula is C26H25F3N6O. The molecule has 1 N–H and O–H groups in total. The highest BCUT2D eigenvalue weighted by molar-refractivity contribution is 6.05. The number of benzene rings is 2. The zero-order valence-electron chi connectivity index (χ0n) is 19.7. The van der Waals surface area contributed by atoms with Crippen LogP contribution in [-0.2, 0) is 12.7 Å². The molecule has 1 saturated heterocycles. The maximum Gasteiger partial charge on any atom is 0.416 e. The van der Waals surface area contributed by atoms with Gasteiger partial charge in [-0.05, 0) is 49.0 Å². The number of fused-ring (bicyclic) bond motifs is 1. The quantitative estimate of drug-likeness (QED) is 0.445. The Morgan fingerprint density at radius 1 is 1.03 bits per heavy atom. The van der Waals surface area contributed by atoms with E-state index >= 15 is 0 Å². The number of carbonyl (C=O) groups is 1. The standard InChI is InChI=1S/C26H25F3N6O/c1-33-10-12-34(13-11-33)17-20-7-8-21(15-22(20)26(27,28)29)32-25(36)19-5-2-4-18(14-19)23-16-30-24-6-3-9-31-35(23)24/h2-9,14-16H,10-13,17H2,1H3,(H,32,36). The van der Waals surface area contributed by atoms with Gasteiger partial charge < -0.3 is 10.2 Å². The van der Waals surface area contributed by atoms with Crippen LogP contribution in [0.25, 0.3) is 16.9 Å². The fraction of sp³-hybridized carbons (Fsp3) is 0.269. The molecule has 186 valence electrons. The molecule has 1 amide bonds. The lowest BCUT2D eigenvalue weighted by Gasteiger charge is -2.33. The van der Waals surface area contributed by atoms with Crippen molar-refractivity contribution < 1.29 is 18.0 Å². The lowest BCUT2D eigenvalue weighted by atomic mass is 10.0. The van der Waals surface area contributed by atoms with Crippen molar-refractivity contribution in [1.82, 2.24) is 24.4 Å². The van der Waals surface area contributed by atoms with Crippen LogP contribution in [0.4, 0.5) is 18.9 Å². The van der Waals surface area contributed by atoms with E-state index < -0.39 is 17.6 Å². The molecule has 7 nitrogen and oxygen atoms in total. The Balaban J connectivity index is 1.36. The summed E-state index contributed by atoms with van der Waals surface area (Å²) >= 11 is 0. The number of nitrogens with zero attached hydrogens (tertiary/aromatic N) is 5. The van der Waals surface area contributed by atoms with E-state index in [2.05, 4.69) is 20.3 Å². The number of aromatic nitrogens is 3. The van der Waals surface area contributed by atoms with E-state index in [1.54, 1.807) is 41.2 Å². The highest BCUT2D eigenvalue weighted by Crippen LogP contribution is 2.35. The first-order valence-corrected chi connectivity index (χ1v) is 11.6. The molecule has 0 spiro atoms. The number of alkyl halides is 3. The van der Waals surface area contributed by atoms with E-state index in [0.717, 1.165) is 19.2 Å². The molecule has 0 radical (unpaired) electrons. The smallest absolute Gasteiger partial charge is 0.322 e. The van der Waals surface area contributed by atoms with Gasteiger partial charge in [-0.1, -0.05) is 18.2 Å². The Kier molecular flexibility index (Phi) is 6.46. The van der Waals surface area contributed by atoms with Gasteiger partial charge in [0.1, 0.15) is 0 Å². The summed E-state index contributed by atoms with van der Waals surface area (Å²) in [7, 11) is 2.00. The largest absolute Gasteiger partial charge is 0.416 e. The summed E-state index contributed by atoms with van der Waals surface area (Å²) in [5.74, 6) is -0.501. The highest BCUT2D eigenvalue weighted by Gasteiger charge is 2.34. The van der Waals surface area contributed by atoms with Gasteiger partial charge in [0, 0.05) is 55.7 Å². The lowest BCUT2D eigenvalue weighted by molar-refractivity contribution is -0.138. The molecule has 1 aliphatic rings. The first-order chi connectivity index (χ1) is 17.3. The number of amides is 1. The minimum absolute atomic E-state index is 0.0938. The van der Waals surface area contributed by atoms with E-state index in [-0.39, 0.29) is 17.8 Å². The van der Waals surface area contributed by atoms with E-state index in [1.807, 2.05) is 24.1 Å². The Bertz CT molecular complexity index is 1390. The van der Waals surface area contributed by atoms with Crippen molar-refractivity contribution in [3.63, 3.8) is 0 Å². The Hall–Kier alpha value is -3.76. The summed E-state index contributed by atoms with van der Waals surface area (Å²) < 4.78 is 43.3. The summed E-state index contributed by atoms with van der Waals surface area (Å²) in [6.07, 6.45) is -1.23. The fourth-order valence-corrected chi connectivity index (χ4v) is 4.35. The van der Waals surface area contributed by atoms with Crippen LogP contribution >= 0.6 is 0 Å². The lowest BCUT2D eigenvalue weighted by Crippen LogP contribution is -2.44. The molecule has 2 aromatic heterocycles. The molecule has 0 saturated carbocycles. The van der Waals surface area contributed by atoms with Crippen molar-refractivity contribution in [2.75, 3.05) is 38.5 Å². The summed E-state index contributed by atoms with van der Waals surface area (Å²) in [4.78, 5) is 21.4. The van der Waals surface area contributed by atoms with Crippen LogP contribution in [0.2, 0.25) is 0 Å². The van der Waals surface area contributed by atoms with Crippen LogP contribution in [-0.4, -0.2) is 63.5 Å². The van der Waals surface area contributed by atoms with Crippen LogP contribution < -0.4 is 5.32 Å². The summed E-state index contributed by atoms with van der Waals surface area (Å²) in [5, 5.41) is 6.91. The van der Waals surface area contributed by atoms with Gasteiger partial charge in [-0.15, -0.1) is 0 Å². The number of anilines is 1.